The predicted octanol–water partition coefficient (Wildman–Crippen LogP) is 13.2. The zero-order valence-corrected chi connectivity index (χ0v) is 38.8. The third-order valence-corrected chi connectivity index (χ3v) is 10.1. The summed E-state index contributed by atoms with van der Waals surface area (Å²) >= 11 is 0. The fourth-order valence-electron chi connectivity index (χ4n) is 6.60. The minimum Gasteiger partial charge on any atom is -0.264 e. The number of nitrogens with zero attached hydrogens (tertiary/aromatic N) is 9. The smallest absolute Gasteiger partial charge is 0.0750 e. The molecule has 5 heterocycles. The van der Waals surface area contributed by atoms with Crippen LogP contribution in [0.2, 0.25) is 0 Å². The van der Waals surface area contributed by atoms with Gasteiger partial charge in [0.2, 0.25) is 0 Å². The third kappa shape index (κ3) is 12.4. The van der Waals surface area contributed by atoms with Crippen LogP contribution in [0, 0.1) is 13.8 Å². The number of aromatic nitrogens is 9. The van der Waals surface area contributed by atoms with Crippen LogP contribution in [-0.2, 0) is 0 Å². The molecule has 0 amide bonds. The Morgan fingerprint density at radius 2 is 0.603 bits per heavy atom. The van der Waals surface area contributed by atoms with Gasteiger partial charge in [-0.05, 0) is 90.5 Å². The van der Waals surface area contributed by atoms with Gasteiger partial charge in [-0.3, -0.25) is 4.98 Å². The molecular weight excluding hydrogens is 715 g/mol. The summed E-state index contributed by atoms with van der Waals surface area (Å²) in [6, 6.07) is 14.6. The zero-order valence-electron chi connectivity index (χ0n) is 38.8. The Hall–Kier alpha value is -4.79. The topological polar surface area (TPSA) is 116 Å². The molecule has 9 heteroatoms. The molecule has 0 N–H and O–H groups in total. The van der Waals surface area contributed by atoms with Crippen molar-refractivity contribution < 1.29 is 0 Å². The SMILES string of the molecule is CC(C)c1ccc(C(C)C)nn1.CC(C)c1nnc(C(C)C)c2ccccc12.CC(C)c1nnc(C(C)C)c2cnccc12.Cc1c(C(C)C)nnc(C(C)C)c1C. The van der Waals surface area contributed by atoms with Gasteiger partial charge in [-0.1, -0.05) is 135 Å². The number of rotatable bonds is 8. The number of pyridine rings is 1. The summed E-state index contributed by atoms with van der Waals surface area (Å²) in [6.07, 6.45) is 3.71. The summed E-state index contributed by atoms with van der Waals surface area (Å²) in [7, 11) is 0. The van der Waals surface area contributed by atoms with Crippen molar-refractivity contribution in [2.24, 2.45) is 0 Å². The van der Waals surface area contributed by atoms with E-state index in [2.05, 4.69) is 207 Å². The van der Waals surface area contributed by atoms with Crippen molar-refractivity contribution in [2.45, 2.75) is 172 Å². The highest BCUT2D eigenvalue weighted by Crippen LogP contribution is 2.29. The van der Waals surface area contributed by atoms with E-state index in [1.807, 2.05) is 18.5 Å². The van der Waals surface area contributed by atoms with Crippen molar-refractivity contribution in [1.29, 1.82) is 0 Å². The largest absolute Gasteiger partial charge is 0.264 e. The van der Waals surface area contributed by atoms with E-state index in [0.29, 0.717) is 47.3 Å². The molecule has 6 aromatic rings. The maximum atomic E-state index is 4.38. The van der Waals surface area contributed by atoms with E-state index >= 15 is 0 Å². The van der Waals surface area contributed by atoms with Crippen LogP contribution in [0.15, 0.2) is 54.9 Å². The van der Waals surface area contributed by atoms with Gasteiger partial charge in [-0.2, -0.15) is 40.8 Å². The molecule has 1 aromatic carbocycles. The molecule has 0 saturated heterocycles. The van der Waals surface area contributed by atoms with Crippen LogP contribution in [0.3, 0.4) is 0 Å². The van der Waals surface area contributed by atoms with Crippen LogP contribution in [0.25, 0.3) is 21.5 Å². The maximum Gasteiger partial charge on any atom is 0.0750 e. The molecular formula is C49H71N9. The molecule has 0 bridgehead atoms. The first-order valence-corrected chi connectivity index (χ1v) is 21.3. The molecule has 0 radical (unpaired) electrons. The lowest BCUT2D eigenvalue weighted by Crippen LogP contribution is -2.07. The molecule has 0 saturated carbocycles. The highest BCUT2D eigenvalue weighted by molar-refractivity contribution is 5.87. The fourth-order valence-corrected chi connectivity index (χ4v) is 6.60. The molecule has 0 spiro atoms. The van der Waals surface area contributed by atoms with Crippen LogP contribution in [0.1, 0.15) is 215 Å². The van der Waals surface area contributed by atoms with E-state index in [0.717, 1.165) is 50.9 Å². The molecule has 5 aromatic heterocycles. The van der Waals surface area contributed by atoms with Crippen LogP contribution in [0.5, 0.6) is 0 Å². The quantitative estimate of drug-likeness (QED) is 0.149. The predicted molar refractivity (Wildman–Crippen MR) is 243 cm³/mol. The molecule has 0 fully saturated rings. The standard InChI is InChI=1S/C14H18N2.C13H17N3.C12H20N2.C10H16N2/c1-9(2)13-11-7-5-6-8-12(11)14(10(3)4)16-15-13;1-8(2)12-10-5-6-14-7-11(10)13(9(3)4)16-15-12;1-7(2)11-9(5)10(6)12(8(3)4)14-13-11;1-7(2)9-5-6-10(8(3)4)12-11-9/h5-10H,1-4H3;5-9H,1-4H3;7-8H,1-6H3;5-8H,1-4H3. The van der Waals surface area contributed by atoms with Gasteiger partial charge in [0.1, 0.15) is 0 Å². The summed E-state index contributed by atoms with van der Waals surface area (Å²) in [5, 5.41) is 39.2. The minimum absolute atomic E-state index is 0.375. The van der Waals surface area contributed by atoms with Crippen LogP contribution in [0.4, 0.5) is 0 Å². The minimum atomic E-state index is 0.375. The Morgan fingerprint density at radius 1 is 0.310 bits per heavy atom. The lowest BCUT2D eigenvalue weighted by atomic mass is 9.97. The fraction of sp³-hybridized carbons (Fsp3) is 0.531. The summed E-state index contributed by atoms with van der Waals surface area (Å²) in [6.45, 7) is 38.6. The summed E-state index contributed by atoms with van der Waals surface area (Å²) in [4.78, 5) is 4.19. The summed E-state index contributed by atoms with van der Waals surface area (Å²) < 4.78 is 0. The van der Waals surface area contributed by atoms with E-state index in [-0.39, 0.29) is 0 Å². The average Bonchev–Trinajstić information content (AvgIpc) is 3.18. The Labute approximate surface area is 349 Å². The van der Waals surface area contributed by atoms with Gasteiger partial charge in [0.05, 0.1) is 45.6 Å². The first-order chi connectivity index (χ1) is 27.3. The van der Waals surface area contributed by atoms with Crippen LogP contribution < -0.4 is 0 Å². The monoisotopic (exact) mass is 786 g/mol. The normalized spacial score (nSPS) is 11.5. The average molecular weight is 786 g/mol. The van der Waals surface area contributed by atoms with Crippen LogP contribution in [-0.4, -0.2) is 45.8 Å². The van der Waals surface area contributed by atoms with Crippen molar-refractivity contribution in [2.75, 3.05) is 0 Å². The van der Waals surface area contributed by atoms with Crippen LogP contribution >= 0.6 is 0 Å². The molecule has 312 valence electrons. The summed E-state index contributed by atoms with van der Waals surface area (Å²) in [5.74, 6) is 3.46. The first-order valence-electron chi connectivity index (χ1n) is 21.3. The van der Waals surface area contributed by atoms with Crippen molar-refractivity contribution >= 4 is 21.5 Å². The van der Waals surface area contributed by atoms with Gasteiger partial charge in [-0.15, -0.1) is 0 Å². The zero-order chi connectivity index (χ0) is 43.4. The van der Waals surface area contributed by atoms with Gasteiger partial charge < -0.3 is 0 Å². The molecule has 58 heavy (non-hydrogen) atoms. The first kappa shape index (κ1) is 47.6. The number of benzene rings is 1. The van der Waals surface area contributed by atoms with E-state index < -0.39 is 0 Å². The van der Waals surface area contributed by atoms with Gasteiger partial charge in [0.25, 0.3) is 0 Å². The Morgan fingerprint density at radius 3 is 0.897 bits per heavy atom. The molecule has 9 nitrogen and oxygen atoms in total. The highest BCUT2D eigenvalue weighted by Gasteiger charge is 2.16. The van der Waals surface area contributed by atoms with Crippen molar-refractivity contribution in [3.63, 3.8) is 0 Å². The molecule has 0 aliphatic heterocycles. The Balaban J connectivity index is 0.000000208. The second-order valence-electron chi connectivity index (χ2n) is 17.7. The Bertz CT molecular complexity index is 1940. The molecule has 0 aliphatic rings. The number of fused-ring (bicyclic) bond motifs is 2. The molecule has 6 rings (SSSR count). The van der Waals surface area contributed by atoms with Gasteiger partial charge in [0, 0.05) is 33.9 Å². The lowest BCUT2D eigenvalue weighted by Gasteiger charge is -2.14. The second-order valence-corrected chi connectivity index (χ2v) is 17.7. The third-order valence-electron chi connectivity index (χ3n) is 10.1. The van der Waals surface area contributed by atoms with Gasteiger partial charge in [0.15, 0.2) is 0 Å². The molecule has 0 atom stereocenters. The summed E-state index contributed by atoms with van der Waals surface area (Å²) in [5.41, 5.74) is 11.3. The number of hydrogen-bond donors (Lipinski definition) is 0. The van der Waals surface area contributed by atoms with Gasteiger partial charge in [-0.25, -0.2) is 0 Å². The van der Waals surface area contributed by atoms with E-state index in [9.17, 15) is 0 Å². The van der Waals surface area contributed by atoms with Crippen molar-refractivity contribution in [3.8, 4) is 0 Å². The van der Waals surface area contributed by atoms with E-state index in [1.165, 1.54) is 27.3 Å². The molecule has 0 unspecified atom stereocenters. The van der Waals surface area contributed by atoms with Crippen molar-refractivity contribution in [3.05, 3.63) is 112 Å². The maximum absolute atomic E-state index is 4.38. The Kier molecular flexibility index (Phi) is 17.9. The molecule has 0 aliphatic carbocycles. The van der Waals surface area contributed by atoms with E-state index in [4.69, 9.17) is 0 Å². The number of hydrogen-bond acceptors (Lipinski definition) is 9. The van der Waals surface area contributed by atoms with Gasteiger partial charge >= 0.3 is 0 Å². The second kappa shape index (κ2) is 21.8. The van der Waals surface area contributed by atoms with E-state index in [1.54, 1.807) is 0 Å². The highest BCUT2D eigenvalue weighted by atomic mass is 15.1. The lowest BCUT2D eigenvalue weighted by molar-refractivity contribution is 0.714. The van der Waals surface area contributed by atoms with Crippen molar-refractivity contribution in [1.82, 2.24) is 45.8 Å².